The summed E-state index contributed by atoms with van der Waals surface area (Å²) in [7, 11) is 10.8. The molecule has 0 aromatic heterocycles. The molecule has 5 nitrogen and oxygen atoms in total. The van der Waals surface area contributed by atoms with Crippen LogP contribution in [0.1, 0.15) is 13.3 Å². The lowest BCUT2D eigenvalue weighted by Gasteiger charge is -2.39. The summed E-state index contributed by atoms with van der Waals surface area (Å²) in [4.78, 5) is 0. The third kappa shape index (κ3) is 3.77. The summed E-state index contributed by atoms with van der Waals surface area (Å²) in [5, 5.41) is 26.3. The van der Waals surface area contributed by atoms with Gasteiger partial charge in [0.2, 0.25) is 0 Å². The number of hydrogen-bond donors (Lipinski definition) is 3. The highest BCUT2D eigenvalue weighted by Gasteiger charge is 2.37. The summed E-state index contributed by atoms with van der Waals surface area (Å²) >= 11 is 0. The molecule has 0 spiro atoms. The van der Waals surface area contributed by atoms with E-state index < -0.39 is 36.6 Å². The van der Waals surface area contributed by atoms with Gasteiger partial charge in [-0.2, -0.15) is 0 Å². The summed E-state index contributed by atoms with van der Waals surface area (Å²) in [6.45, 7) is 1.02. The largest absolute Gasteiger partial charge is 0.394 e. The molecule has 0 saturated carbocycles. The van der Waals surface area contributed by atoms with Gasteiger partial charge in [-0.3, -0.25) is 0 Å². The first kappa shape index (κ1) is 13.0. The molecule has 0 aliphatic carbocycles. The summed E-state index contributed by atoms with van der Waals surface area (Å²) in [5.74, 6) is 0. The highest BCUT2D eigenvalue weighted by Crippen LogP contribution is 2.23. The van der Waals surface area contributed by atoms with E-state index in [2.05, 4.69) is 0 Å². The molecule has 1 fully saturated rings. The van der Waals surface area contributed by atoms with E-state index >= 15 is 0 Å². The molecule has 4 radical (unpaired) electrons. The minimum atomic E-state index is -1.38. The Morgan fingerprint density at radius 1 is 1.47 bits per heavy atom. The van der Waals surface area contributed by atoms with Gasteiger partial charge >= 0.3 is 0 Å². The summed E-state index contributed by atoms with van der Waals surface area (Å²) in [6, 6.07) is 0. The Balaban J connectivity index is 2.55. The molecule has 3 N–H and O–H groups in total. The fourth-order valence-electron chi connectivity index (χ4n) is 1.43. The topological polar surface area (TPSA) is 79.2 Å². The molecule has 1 heterocycles. The van der Waals surface area contributed by atoms with E-state index in [0.29, 0.717) is 0 Å². The van der Waals surface area contributed by atoms with Crippen molar-refractivity contribution in [3.63, 3.8) is 0 Å². The van der Waals surface area contributed by atoms with Crippen LogP contribution in [0.2, 0.25) is 0 Å². The van der Waals surface area contributed by atoms with Crippen molar-refractivity contribution in [2.24, 2.45) is 0 Å². The summed E-state index contributed by atoms with van der Waals surface area (Å²) in [5.41, 5.74) is 0. The molecule has 7 heteroatoms. The molecule has 0 aromatic carbocycles. The van der Waals surface area contributed by atoms with Crippen LogP contribution in [0.4, 0.5) is 0 Å². The van der Waals surface area contributed by atoms with Gasteiger partial charge in [-0.05, 0) is 5.40 Å². The molecule has 1 rings (SSSR count). The van der Waals surface area contributed by atoms with Gasteiger partial charge in [0.15, 0.2) is 6.29 Å². The smallest absolute Gasteiger partial charge is 0.159 e. The van der Waals surface area contributed by atoms with E-state index in [1.54, 1.807) is 0 Å². The Kier molecular flexibility index (Phi) is 4.20. The zero-order valence-electron chi connectivity index (χ0n) is 8.54. The van der Waals surface area contributed by atoms with Crippen LogP contribution in [0.5, 0.6) is 0 Å². The van der Waals surface area contributed by atoms with Crippen molar-refractivity contribution >= 4 is 15.7 Å². The Bertz CT molecular complexity index is 208. The van der Waals surface area contributed by atoms with Crippen LogP contribution in [0.15, 0.2) is 0 Å². The van der Waals surface area contributed by atoms with Gasteiger partial charge in [0.05, 0.1) is 28.4 Å². The zero-order chi connectivity index (χ0) is 11.6. The lowest BCUT2D eigenvalue weighted by molar-refractivity contribution is -0.264. The highest BCUT2D eigenvalue weighted by atomic mass is 16.7. The van der Waals surface area contributed by atoms with Crippen LogP contribution in [0.25, 0.3) is 0 Å². The zero-order valence-corrected chi connectivity index (χ0v) is 8.54. The first-order valence-electron chi connectivity index (χ1n) is 4.71. The van der Waals surface area contributed by atoms with Gasteiger partial charge < -0.3 is 24.8 Å². The predicted octanol–water partition coefficient (Wildman–Crippen LogP) is -2.16. The Morgan fingerprint density at radius 2 is 2.07 bits per heavy atom. The molecule has 1 aliphatic rings. The Hall–Kier alpha value is -0.0701. The Labute approximate surface area is 91.2 Å². The van der Waals surface area contributed by atoms with Gasteiger partial charge in [0.25, 0.3) is 0 Å². The van der Waals surface area contributed by atoms with Crippen molar-refractivity contribution in [3.8, 4) is 0 Å². The number of aliphatic hydroxyl groups excluding tert-OH is 3. The molecule has 0 bridgehead atoms. The normalized spacial score (nSPS) is 37.9. The van der Waals surface area contributed by atoms with Crippen molar-refractivity contribution in [1.29, 1.82) is 0 Å². The first-order valence-corrected chi connectivity index (χ1v) is 4.71. The third-order valence-electron chi connectivity index (χ3n) is 2.10. The number of rotatable bonds is 3. The fraction of sp³-hybridized carbons (Fsp3) is 1.00. The van der Waals surface area contributed by atoms with Crippen molar-refractivity contribution < 1.29 is 24.8 Å². The van der Waals surface area contributed by atoms with E-state index in [9.17, 15) is 10.2 Å². The van der Waals surface area contributed by atoms with Crippen LogP contribution in [-0.2, 0) is 9.47 Å². The minimum absolute atomic E-state index is 0.0572. The third-order valence-corrected chi connectivity index (χ3v) is 2.10. The van der Waals surface area contributed by atoms with Gasteiger partial charge in [0, 0.05) is 6.42 Å². The van der Waals surface area contributed by atoms with E-state index in [4.69, 9.17) is 30.3 Å². The van der Waals surface area contributed by atoms with Crippen molar-refractivity contribution in [2.75, 3.05) is 6.61 Å². The molecular formula is C8H14B2O5. The van der Waals surface area contributed by atoms with E-state index in [1.165, 1.54) is 6.92 Å². The van der Waals surface area contributed by atoms with Crippen LogP contribution in [0, 0.1) is 0 Å². The molecule has 0 aromatic rings. The van der Waals surface area contributed by atoms with Gasteiger partial charge in [0.1, 0.15) is 12.2 Å². The minimum Gasteiger partial charge on any atom is -0.394 e. The second-order valence-corrected chi connectivity index (χ2v) is 3.88. The maximum Gasteiger partial charge on any atom is 0.159 e. The Morgan fingerprint density at radius 3 is 2.53 bits per heavy atom. The van der Waals surface area contributed by atoms with Gasteiger partial charge in [-0.25, -0.2) is 0 Å². The van der Waals surface area contributed by atoms with Crippen LogP contribution < -0.4 is 0 Å². The summed E-state index contributed by atoms with van der Waals surface area (Å²) < 4.78 is 10.2. The SMILES string of the molecule is [B]C([B])(C)OC1CC(O)C(O)C(CO)O1. The van der Waals surface area contributed by atoms with Crippen molar-refractivity contribution in [3.05, 3.63) is 0 Å². The van der Waals surface area contributed by atoms with Crippen LogP contribution in [0.3, 0.4) is 0 Å². The molecule has 1 aliphatic heterocycles. The van der Waals surface area contributed by atoms with Gasteiger partial charge in [-0.15, -0.1) is 0 Å². The predicted molar refractivity (Wildman–Crippen MR) is 53.4 cm³/mol. The standard InChI is InChI=1S/C8H14B2O5/c1-8(9,10)15-6-2-4(12)7(13)5(3-11)14-6/h4-7,11-13H,2-3H2,1H3. The number of aliphatic hydroxyl groups is 3. The average Bonchev–Trinajstić information content (AvgIpc) is 2.08. The number of ether oxygens (including phenoxy) is 2. The fourth-order valence-corrected chi connectivity index (χ4v) is 1.43. The summed E-state index contributed by atoms with van der Waals surface area (Å²) in [6.07, 6.45) is -3.82. The lowest BCUT2D eigenvalue weighted by atomic mass is 9.67. The molecule has 1 saturated heterocycles. The van der Waals surface area contributed by atoms with Crippen LogP contribution in [-0.4, -0.2) is 67.6 Å². The molecule has 0 amide bonds. The molecule has 82 valence electrons. The van der Waals surface area contributed by atoms with Crippen molar-refractivity contribution in [1.82, 2.24) is 0 Å². The van der Waals surface area contributed by atoms with Crippen molar-refractivity contribution in [2.45, 2.75) is 43.3 Å². The number of hydrogen-bond acceptors (Lipinski definition) is 5. The van der Waals surface area contributed by atoms with E-state index in [1.807, 2.05) is 0 Å². The maximum absolute atomic E-state index is 9.44. The molecule has 4 atom stereocenters. The molecule has 4 unspecified atom stereocenters. The van der Waals surface area contributed by atoms with Crippen LogP contribution >= 0.6 is 0 Å². The second-order valence-electron chi connectivity index (χ2n) is 3.88. The molecular weight excluding hydrogens is 198 g/mol. The second kappa shape index (κ2) is 4.84. The quantitative estimate of drug-likeness (QED) is 0.464. The highest BCUT2D eigenvalue weighted by molar-refractivity contribution is 6.38. The first-order chi connectivity index (χ1) is 6.83. The van der Waals surface area contributed by atoms with E-state index in [-0.39, 0.29) is 6.42 Å². The van der Waals surface area contributed by atoms with E-state index in [0.717, 1.165) is 0 Å². The monoisotopic (exact) mass is 212 g/mol. The lowest BCUT2D eigenvalue weighted by Crippen LogP contribution is -2.52. The average molecular weight is 212 g/mol. The van der Waals surface area contributed by atoms with Gasteiger partial charge in [-0.1, -0.05) is 6.92 Å². The maximum atomic E-state index is 9.44. The molecule has 15 heavy (non-hydrogen) atoms.